The van der Waals surface area contributed by atoms with Gasteiger partial charge in [0, 0.05) is 61.3 Å². The molecule has 260 valence electrons. The Morgan fingerprint density at radius 1 is 0.958 bits per heavy atom. The maximum atomic E-state index is 14.0. The zero-order valence-electron chi connectivity index (χ0n) is 30.2. The number of carbonyl (C=O) groups excluding carboxylic acids is 3. The average molecular weight is 677 g/mol. The molecule has 11 heteroatoms. The van der Waals surface area contributed by atoms with Gasteiger partial charge in [-0.15, -0.1) is 11.3 Å². The second-order valence-electron chi connectivity index (χ2n) is 14.7. The lowest BCUT2D eigenvalue weighted by molar-refractivity contribution is -0.145. The second kappa shape index (κ2) is 15.2. The first kappa shape index (κ1) is 37.0. The first-order chi connectivity index (χ1) is 22.4. The van der Waals surface area contributed by atoms with Gasteiger partial charge in [0.1, 0.15) is 10.6 Å². The molecule has 48 heavy (non-hydrogen) atoms. The van der Waals surface area contributed by atoms with Crippen molar-refractivity contribution in [2.45, 2.75) is 92.5 Å². The van der Waals surface area contributed by atoms with Crippen molar-refractivity contribution in [3.8, 4) is 10.6 Å². The molecule has 3 aromatic rings. The van der Waals surface area contributed by atoms with Gasteiger partial charge < -0.3 is 14.5 Å². The minimum Gasteiger partial charge on any atom is -0.444 e. The molecule has 0 aliphatic carbocycles. The van der Waals surface area contributed by atoms with Crippen molar-refractivity contribution in [3.63, 3.8) is 0 Å². The van der Waals surface area contributed by atoms with Gasteiger partial charge >= 0.3 is 6.09 Å². The standard InChI is InChI=1S/C37H52N6O4S/c1-25(2)42(35(46)47-37(7,8)9)17-18-43(30-19-27(16-15-26(30)3)34-39-31(24-48-34)36(4,5)6)33(45)21-38-20-32(44)40(10)41-22-28-13-11-12-14-29(28)23-41/h11-16,19,24-25,38H,17-18,20-23H2,1-10H3. The van der Waals surface area contributed by atoms with Crippen LogP contribution < -0.4 is 10.2 Å². The lowest BCUT2D eigenvalue weighted by atomic mass is 9.93. The third-order valence-corrected chi connectivity index (χ3v) is 9.19. The smallest absolute Gasteiger partial charge is 0.410 e. The van der Waals surface area contributed by atoms with E-state index in [4.69, 9.17) is 9.72 Å². The van der Waals surface area contributed by atoms with Crippen molar-refractivity contribution in [3.05, 3.63) is 70.2 Å². The van der Waals surface area contributed by atoms with Gasteiger partial charge in [0.25, 0.3) is 5.91 Å². The highest BCUT2D eigenvalue weighted by molar-refractivity contribution is 7.13. The number of hydrogen-bond donors (Lipinski definition) is 1. The molecule has 0 bridgehead atoms. The van der Waals surface area contributed by atoms with Crippen LogP contribution in [-0.2, 0) is 32.8 Å². The third-order valence-electron chi connectivity index (χ3n) is 8.30. The van der Waals surface area contributed by atoms with Crippen LogP contribution in [0, 0.1) is 6.92 Å². The maximum Gasteiger partial charge on any atom is 0.410 e. The first-order valence-corrected chi connectivity index (χ1v) is 17.5. The zero-order chi connectivity index (χ0) is 35.4. The van der Waals surface area contributed by atoms with Crippen molar-refractivity contribution in [1.82, 2.24) is 25.2 Å². The van der Waals surface area contributed by atoms with Crippen LogP contribution in [0.15, 0.2) is 47.8 Å². The summed E-state index contributed by atoms with van der Waals surface area (Å²) in [6.07, 6.45) is -0.427. The summed E-state index contributed by atoms with van der Waals surface area (Å²) in [5, 5.41) is 9.67. The van der Waals surface area contributed by atoms with Crippen molar-refractivity contribution in [2.75, 3.05) is 38.1 Å². The Morgan fingerprint density at radius 3 is 2.15 bits per heavy atom. The highest BCUT2D eigenvalue weighted by Gasteiger charge is 2.28. The van der Waals surface area contributed by atoms with Crippen LogP contribution in [0.4, 0.5) is 10.5 Å². The molecule has 2 heterocycles. The molecule has 2 aromatic carbocycles. The van der Waals surface area contributed by atoms with E-state index >= 15 is 0 Å². The maximum absolute atomic E-state index is 14.0. The number of thiazole rings is 1. The van der Waals surface area contributed by atoms with Gasteiger partial charge in [-0.25, -0.2) is 14.8 Å². The monoisotopic (exact) mass is 676 g/mol. The van der Waals surface area contributed by atoms with E-state index in [-0.39, 0.29) is 49.5 Å². The number of carbonyl (C=O) groups is 3. The lowest BCUT2D eigenvalue weighted by Gasteiger charge is -2.33. The van der Waals surface area contributed by atoms with Gasteiger partial charge in [-0.05, 0) is 64.3 Å². The molecule has 1 aliphatic rings. The number of rotatable bonds is 11. The molecule has 1 aromatic heterocycles. The summed E-state index contributed by atoms with van der Waals surface area (Å²) in [6.45, 7) is 19.6. The number of aromatic nitrogens is 1. The first-order valence-electron chi connectivity index (χ1n) is 16.6. The molecular formula is C37H52N6O4S. The van der Waals surface area contributed by atoms with Crippen LogP contribution >= 0.6 is 11.3 Å². The SMILES string of the molecule is Cc1ccc(-c2nc(C(C)(C)C)cs2)cc1N(CCN(C(=O)OC(C)(C)C)C(C)C)C(=O)CNCC(=O)N(C)N1Cc2ccccc2C1. The molecule has 0 fully saturated rings. The summed E-state index contributed by atoms with van der Waals surface area (Å²) >= 11 is 1.58. The molecule has 0 atom stereocenters. The van der Waals surface area contributed by atoms with Crippen LogP contribution in [0.1, 0.15) is 77.8 Å². The number of benzene rings is 2. The van der Waals surface area contributed by atoms with Gasteiger partial charge in [0.05, 0.1) is 18.8 Å². The van der Waals surface area contributed by atoms with E-state index in [0.717, 1.165) is 27.5 Å². The van der Waals surface area contributed by atoms with E-state index in [0.29, 0.717) is 13.1 Å². The molecule has 3 amide bonds. The number of likely N-dealkylation sites (N-methyl/N-ethyl adjacent to an activating group) is 1. The number of hydrazine groups is 1. The number of fused-ring (bicyclic) bond motifs is 1. The molecule has 4 rings (SSSR count). The van der Waals surface area contributed by atoms with Crippen molar-refractivity contribution in [1.29, 1.82) is 0 Å². The Hall–Kier alpha value is -3.80. The van der Waals surface area contributed by atoms with Crippen molar-refractivity contribution in [2.24, 2.45) is 0 Å². The minimum absolute atomic E-state index is 0.00662. The van der Waals surface area contributed by atoms with E-state index in [1.807, 2.05) is 76.9 Å². The van der Waals surface area contributed by atoms with Crippen LogP contribution in [0.2, 0.25) is 0 Å². The summed E-state index contributed by atoms with van der Waals surface area (Å²) in [6, 6.07) is 14.1. The van der Waals surface area contributed by atoms with Crippen LogP contribution in [0.5, 0.6) is 0 Å². The number of hydrogen-bond acceptors (Lipinski definition) is 8. The number of ether oxygens (including phenoxy) is 1. The Morgan fingerprint density at radius 2 is 1.58 bits per heavy atom. The largest absolute Gasteiger partial charge is 0.444 e. The van der Waals surface area contributed by atoms with E-state index < -0.39 is 11.7 Å². The van der Waals surface area contributed by atoms with Gasteiger partial charge in [-0.1, -0.05) is 57.2 Å². The fourth-order valence-electron chi connectivity index (χ4n) is 5.42. The lowest BCUT2D eigenvalue weighted by Crippen LogP contribution is -2.49. The van der Waals surface area contributed by atoms with Crippen LogP contribution in [0.25, 0.3) is 10.6 Å². The molecule has 0 spiro atoms. The predicted molar refractivity (Wildman–Crippen MR) is 193 cm³/mol. The molecule has 1 aliphatic heterocycles. The molecule has 10 nitrogen and oxygen atoms in total. The fourth-order valence-corrected chi connectivity index (χ4v) is 6.47. The predicted octanol–water partition coefficient (Wildman–Crippen LogP) is 6.37. The number of nitrogens with zero attached hydrogens (tertiary/aromatic N) is 5. The highest BCUT2D eigenvalue weighted by atomic mass is 32.1. The summed E-state index contributed by atoms with van der Waals surface area (Å²) in [7, 11) is 1.76. The summed E-state index contributed by atoms with van der Waals surface area (Å²) < 4.78 is 5.68. The molecule has 0 saturated carbocycles. The molecular weight excluding hydrogens is 625 g/mol. The Kier molecular flexibility index (Phi) is 11.7. The number of nitrogens with one attached hydrogen (secondary N) is 1. The van der Waals surface area contributed by atoms with E-state index in [1.165, 1.54) is 11.1 Å². The number of anilines is 1. The third kappa shape index (κ3) is 9.42. The highest BCUT2D eigenvalue weighted by Crippen LogP contribution is 2.33. The summed E-state index contributed by atoms with van der Waals surface area (Å²) in [5.41, 5.74) is 5.27. The van der Waals surface area contributed by atoms with Gasteiger partial charge in [0.15, 0.2) is 0 Å². The quantitative estimate of drug-likeness (QED) is 0.252. The van der Waals surface area contributed by atoms with E-state index in [1.54, 1.807) is 33.2 Å². The molecule has 0 unspecified atom stereocenters. The minimum atomic E-state index is -0.647. The Bertz CT molecular complexity index is 1580. The average Bonchev–Trinajstić information content (AvgIpc) is 3.66. The fraction of sp³-hybridized carbons (Fsp3) is 0.514. The molecule has 0 radical (unpaired) electrons. The number of aryl methyl sites for hydroxylation is 1. The van der Waals surface area contributed by atoms with E-state index in [2.05, 4.69) is 43.6 Å². The van der Waals surface area contributed by atoms with Gasteiger partial charge in [-0.3, -0.25) is 19.9 Å². The van der Waals surface area contributed by atoms with Crippen LogP contribution in [0.3, 0.4) is 0 Å². The number of amides is 3. The molecule has 0 saturated heterocycles. The van der Waals surface area contributed by atoms with Gasteiger partial charge in [0.2, 0.25) is 5.91 Å². The zero-order valence-corrected chi connectivity index (χ0v) is 31.0. The van der Waals surface area contributed by atoms with Crippen molar-refractivity contribution >= 4 is 34.9 Å². The topological polar surface area (TPSA) is 98.3 Å². The van der Waals surface area contributed by atoms with Crippen molar-refractivity contribution < 1.29 is 19.1 Å². The summed E-state index contributed by atoms with van der Waals surface area (Å²) in [4.78, 5) is 48.5. The van der Waals surface area contributed by atoms with E-state index in [9.17, 15) is 14.4 Å². The van der Waals surface area contributed by atoms with Gasteiger partial charge in [-0.2, -0.15) is 0 Å². The van der Waals surface area contributed by atoms with Crippen LogP contribution in [-0.4, -0.2) is 82.7 Å². The molecule has 1 N–H and O–H groups in total. The normalized spacial score (nSPS) is 13.4. The summed E-state index contributed by atoms with van der Waals surface area (Å²) in [5.74, 6) is -0.337. The second-order valence-corrected chi connectivity index (χ2v) is 15.6. The Labute approximate surface area is 290 Å². The Balaban J connectivity index is 1.52.